The number of amides is 2. The second-order valence-electron chi connectivity index (χ2n) is 5.81. The number of hydrogen-bond donors (Lipinski definition) is 3. The van der Waals surface area contributed by atoms with Crippen LogP contribution in [0.1, 0.15) is 32.5 Å². The molecule has 3 N–H and O–H groups in total. The first-order valence-corrected chi connectivity index (χ1v) is 9.48. The summed E-state index contributed by atoms with van der Waals surface area (Å²) in [6.07, 6.45) is 0. The molecule has 0 atom stereocenters. The number of carbonyl (C=O) groups excluding carboxylic acids is 2. The van der Waals surface area contributed by atoms with Crippen LogP contribution in [-0.4, -0.2) is 22.6 Å². The van der Waals surface area contributed by atoms with Crippen molar-refractivity contribution < 1.29 is 14.7 Å². The molecule has 142 valence electrons. The second kappa shape index (κ2) is 8.69. The molecule has 28 heavy (non-hydrogen) atoms. The number of nitrogens with zero attached hydrogens (tertiary/aromatic N) is 1. The van der Waals surface area contributed by atoms with E-state index in [9.17, 15) is 14.7 Å². The molecule has 1 heterocycles. The molecule has 0 aliphatic carbocycles. The summed E-state index contributed by atoms with van der Waals surface area (Å²) in [7, 11) is 0. The van der Waals surface area contributed by atoms with E-state index in [0.29, 0.717) is 21.3 Å². The molecule has 0 saturated heterocycles. The van der Waals surface area contributed by atoms with Gasteiger partial charge in [0.05, 0.1) is 16.2 Å². The van der Waals surface area contributed by atoms with Crippen molar-refractivity contribution in [1.29, 1.82) is 0 Å². The van der Waals surface area contributed by atoms with Crippen molar-refractivity contribution in [3.63, 3.8) is 0 Å². The molecule has 0 radical (unpaired) electrons. The van der Waals surface area contributed by atoms with E-state index in [-0.39, 0.29) is 17.2 Å². The van der Waals surface area contributed by atoms with Crippen LogP contribution in [0.2, 0.25) is 5.02 Å². The van der Waals surface area contributed by atoms with Gasteiger partial charge >= 0.3 is 0 Å². The Hall–Kier alpha value is -3.16. The number of nitrogens with one attached hydrogen (secondary N) is 2. The lowest BCUT2D eigenvalue weighted by atomic mass is 10.1. The average molecular weight is 414 g/mol. The van der Waals surface area contributed by atoms with E-state index in [4.69, 9.17) is 11.6 Å². The lowest BCUT2D eigenvalue weighted by Crippen LogP contribution is -2.19. The number of anilines is 1. The summed E-state index contributed by atoms with van der Waals surface area (Å²) in [5.41, 5.74) is 4.42. The molecule has 6 nitrogen and oxygen atoms in total. The van der Waals surface area contributed by atoms with Gasteiger partial charge in [0, 0.05) is 10.7 Å². The summed E-state index contributed by atoms with van der Waals surface area (Å²) in [4.78, 5) is 24.8. The molecule has 0 aliphatic rings. The number of halogens is 1. The van der Waals surface area contributed by atoms with Crippen LogP contribution in [0.15, 0.2) is 65.1 Å². The molecule has 0 bridgehead atoms. The number of carbonyl (C=O) groups is 2. The van der Waals surface area contributed by atoms with Crippen LogP contribution >= 0.6 is 22.9 Å². The van der Waals surface area contributed by atoms with Crippen molar-refractivity contribution in [2.24, 2.45) is 5.10 Å². The SMILES string of the molecule is C/C(=N\NC(=O)c1cc(Cl)ccc1O)c1ccc(NC(=O)c2cccs2)cc1. The van der Waals surface area contributed by atoms with Gasteiger partial charge in [0.2, 0.25) is 0 Å². The molecule has 0 aliphatic heterocycles. The number of benzene rings is 2. The number of hydrazone groups is 1. The van der Waals surface area contributed by atoms with Crippen molar-refractivity contribution in [3.05, 3.63) is 81.0 Å². The Labute approximate surface area is 170 Å². The first-order valence-electron chi connectivity index (χ1n) is 8.22. The van der Waals surface area contributed by atoms with E-state index in [1.807, 2.05) is 11.4 Å². The molecule has 0 unspecified atom stereocenters. The van der Waals surface area contributed by atoms with E-state index in [1.54, 1.807) is 37.3 Å². The molecule has 3 aromatic rings. The molecule has 1 aromatic heterocycles. The largest absolute Gasteiger partial charge is 0.507 e. The summed E-state index contributed by atoms with van der Waals surface area (Å²) in [6.45, 7) is 1.73. The minimum atomic E-state index is -0.570. The molecule has 0 fully saturated rings. The van der Waals surface area contributed by atoms with Gasteiger partial charge in [0.25, 0.3) is 11.8 Å². The van der Waals surface area contributed by atoms with Crippen LogP contribution in [0.25, 0.3) is 0 Å². The zero-order valence-corrected chi connectivity index (χ0v) is 16.3. The zero-order chi connectivity index (χ0) is 20.1. The van der Waals surface area contributed by atoms with E-state index < -0.39 is 5.91 Å². The van der Waals surface area contributed by atoms with Crippen LogP contribution in [0.3, 0.4) is 0 Å². The summed E-state index contributed by atoms with van der Waals surface area (Å²) in [5, 5.41) is 18.8. The highest BCUT2D eigenvalue weighted by atomic mass is 35.5. The summed E-state index contributed by atoms with van der Waals surface area (Å²) < 4.78 is 0. The van der Waals surface area contributed by atoms with Crippen LogP contribution in [-0.2, 0) is 0 Å². The van der Waals surface area contributed by atoms with Gasteiger partial charge in [0.15, 0.2) is 0 Å². The number of rotatable bonds is 5. The highest BCUT2D eigenvalue weighted by Gasteiger charge is 2.11. The number of phenols is 1. The lowest BCUT2D eigenvalue weighted by molar-refractivity contribution is 0.0951. The summed E-state index contributed by atoms with van der Waals surface area (Å²) >= 11 is 7.22. The average Bonchev–Trinajstić information content (AvgIpc) is 3.23. The van der Waals surface area contributed by atoms with Crippen molar-refractivity contribution in [3.8, 4) is 5.75 Å². The Morgan fingerprint density at radius 1 is 1.07 bits per heavy atom. The van der Waals surface area contributed by atoms with Crippen LogP contribution < -0.4 is 10.7 Å². The van der Waals surface area contributed by atoms with Crippen molar-refractivity contribution in [1.82, 2.24) is 5.43 Å². The Bertz CT molecular complexity index is 1030. The maximum atomic E-state index is 12.2. The van der Waals surface area contributed by atoms with E-state index in [0.717, 1.165) is 5.56 Å². The third-order valence-corrected chi connectivity index (χ3v) is 4.94. The van der Waals surface area contributed by atoms with E-state index in [1.165, 1.54) is 29.5 Å². The van der Waals surface area contributed by atoms with Gasteiger partial charge in [-0.15, -0.1) is 11.3 Å². The molecular weight excluding hydrogens is 398 g/mol. The highest BCUT2D eigenvalue weighted by Crippen LogP contribution is 2.21. The number of phenolic OH excluding ortho intramolecular Hbond substituents is 1. The monoisotopic (exact) mass is 413 g/mol. The Kier molecular flexibility index (Phi) is 6.08. The van der Waals surface area contributed by atoms with Crippen molar-refractivity contribution in [2.75, 3.05) is 5.32 Å². The second-order valence-corrected chi connectivity index (χ2v) is 7.19. The fourth-order valence-corrected chi connectivity index (χ4v) is 3.14. The normalized spacial score (nSPS) is 11.1. The van der Waals surface area contributed by atoms with Crippen LogP contribution in [0, 0.1) is 0 Å². The van der Waals surface area contributed by atoms with Gasteiger partial charge in [0.1, 0.15) is 5.75 Å². The Morgan fingerprint density at radius 3 is 2.50 bits per heavy atom. The lowest BCUT2D eigenvalue weighted by Gasteiger charge is -2.07. The molecule has 3 rings (SSSR count). The zero-order valence-electron chi connectivity index (χ0n) is 14.8. The van der Waals surface area contributed by atoms with Gasteiger partial charge in [-0.3, -0.25) is 9.59 Å². The smallest absolute Gasteiger partial charge is 0.275 e. The van der Waals surface area contributed by atoms with Crippen molar-refractivity contribution in [2.45, 2.75) is 6.92 Å². The van der Waals surface area contributed by atoms with Gasteiger partial charge < -0.3 is 10.4 Å². The third kappa shape index (κ3) is 4.76. The first-order chi connectivity index (χ1) is 13.4. The molecular formula is C20H16ClN3O3S. The van der Waals surface area contributed by atoms with E-state index in [2.05, 4.69) is 15.8 Å². The van der Waals surface area contributed by atoms with E-state index >= 15 is 0 Å². The third-order valence-electron chi connectivity index (χ3n) is 3.83. The number of aromatic hydroxyl groups is 1. The minimum absolute atomic E-state index is 0.0377. The van der Waals surface area contributed by atoms with Gasteiger partial charge in [-0.05, 0) is 54.3 Å². The fraction of sp³-hybridized carbons (Fsp3) is 0.0500. The van der Waals surface area contributed by atoms with Crippen molar-refractivity contribution >= 4 is 46.2 Å². The van der Waals surface area contributed by atoms with Gasteiger partial charge in [-0.2, -0.15) is 5.10 Å². The Balaban J connectivity index is 1.65. The molecule has 2 aromatic carbocycles. The van der Waals surface area contributed by atoms with Crippen LogP contribution in [0.4, 0.5) is 5.69 Å². The summed E-state index contributed by atoms with van der Waals surface area (Å²) in [5.74, 6) is -0.915. The summed E-state index contributed by atoms with van der Waals surface area (Å²) in [6, 6.07) is 14.8. The van der Waals surface area contributed by atoms with Gasteiger partial charge in [-0.25, -0.2) is 5.43 Å². The Morgan fingerprint density at radius 2 is 1.82 bits per heavy atom. The predicted octanol–water partition coefficient (Wildman–Crippen LogP) is 4.51. The number of hydrogen-bond acceptors (Lipinski definition) is 5. The molecule has 8 heteroatoms. The maximum Gasteiger partial charge on any atom is 0.275 e. The standard InChI is InChI=1S/C20H16ClN3O3S/c1-12(23-24-19(26)16-11-14(21)6-9-17(16)25)13-4-7-15(8-5-13)22-20(27)18-3-2-10-28-18/h2-11,25H,1H3,(H,22,27)(H,24,26)/b23-12+. The van der Waals surface area contributed by atoms with Crippen LogP contribution in [0.5, 0.6) is 5.75 Å². The molecule has 0 spiro atoms. The topological polar surface area (TPSA) is 90.8 Å². The maximum absolute atomic E-state index is 12.2. The number of thiophene rings is 1. The molecule has 0 saturated carbocycles. The first kappa shape index (κ1) is 19.6. The van der Waals surface area contributed by atoms with Gasteiger partial charge in [-0.1, -0.05) is 29.8 Å². The predicted molar refractivity (Wildman–Crippen MR) is 112 cm³/mol. The highest BCUT2D eigenvalue weighted by molar-refractivity contribution is 7.12. The molecule has 2 amide bonds. The fourth-order valence-electron chi connectivity index (χ4n) is 2.34. The minimum Gasteiger partial charge on any atom is -0.507 e. The quantitative estimate of drug-likeness (QED) is 0.424.